The third-order valence-electron chi connectivity index (χ3n) is 3.29. The van der Waals surface area contributed by atoms with Crippen LogP contribution in [0.5, 0.6) is 0 Å². The van der Waals surface area contributed by atoms with Crippen molar-refractivity contribution in [2.24, 2.45) is 11.7 Å². The standard InChI is InChI=1S/C15H21BrN4/c1-10(2)7-15(3,9-17)20-12-4-5-18-13-6-11(16)8-19-14(12)13/h4-6,8,10H,7,9,17H2,1-3H3,(H,18,20). The molecule has 0 radical (unpaired) electrons. The van der Waals surface area contributed by atoms with E-state index < -0.39 is 0 Å². The summed E-state index contributed by atoms with van der Waals surface area (Å²) in [5, 5.41) is 3.56. The molecular weight excluding hydrogens is 316 g/mol. The molecule has 0 spiro atoms. The fourth-order valence-electron chi connectivity index (χ4n) is 2.52. The number of hydrogen-bond acceptors (Lipinski definition) is 4. The van der Waals surface area contributed by atoms with Crippen LogP contribution in [0.15, 0.2) is 29.0 Å². The van der Waals surface area contributed by atoms with Crippen molar-refractivity contribution in [1.82, 2.24) is 9.97 Å². The van der Waals surface area contributed by atoms with Crippen LogP contribution < -0.4 is 11.1 Å². The molecule has 1 atom stereocenters. The number of anilines is 1. The van der Waals surface area contributed by atoms with Crippen LogP contribution in [0.25, 0.3) is 11.0 Å². The van der Waals surface area contributed by atoms with E-state index in [4.69, 9.17) is 5.73 Å². The highest BCUT2D eigenvalue weighted by Gasteiger charge is 2.24. The Morgan fingerprint density at radius 1 is 1.40 bits per heavy atom. The molecule has 0 saturated carbocycles. The highest BCUT2D eigenvalue weighted by Crippen LogP contribution is 2.27. The molecule has 0 fully saturated rings. The Balaban J connectivity index is 2.37. The first kappa shape index (κ1) is 15.2. The van der Waals surface area contributed by atoms with Crippen molar-refractivity contribution in [2.45, 2.75) is 32.7 Å². The zero-order valence-electron chi connectivity index (χ0n) is 12.2. The van der Waals surface area contributed by atoms with Crippen molar-refractivity contribution >= 4 is 32.7 Å². The maximum Gasteiger partial charge on any atom is 0.112 e. The molecule has 0 aliphatic rings. The Hall–Kier alpha value is -1.20. The van der Waals surface area contributed by atoms with Gasteiger partial charge in [-0.25, -0.2) is 0 Å². The van der Waals surface area contributed by atoms with E-state index in [9.17, 15) is 0 Å². The molecule has 0 saturated heterocycles. The fourth-order valence-corrected chi connectivity index (χ4v) is 2.84. The number of rotatable bonds is 5. The third kappa shape index (κ3) is 3.46. The number of pyridine rings is 2. The Bertz CT molecular complexity index is 599. The topological polar surface area (TPSA) is 63.8 Å². The van der Waals surface area contributed by atoms with Crippen molar-refractivity contribution in [3.63, 3.8) is 0 Å². The molecule has 108 valence electrons. The monoisotopic (exact) mass is 336 g/mol. The summed E-state index contributed by atoms with van der Waals surface area (Å²) in [6, 6.07) is 3.92. The van der Waals surface area contributed by atoms with Crippen LogP contribution >= 0.6 is 15.9 Å². The van der Waals surface area contributed by atoms with Crippen molar-refractivity contribution in [3.8, 4) is 0 Å². The second-order valence-electron chi connectivity index (χ2n) is 5.87. The van der Waals surface area contributed by atoms with Crippen LogP contribution in [0, 0.1) is 5.92 Å². The number of aromatic nitrogens is 2. The van der Waals surface area contributed by atoms with Crippen LogP contribution in [-0.4, -0.2) is 22.1 Å². The van der Waals surface area contributed by atoms with Gasteiger partial charge in [0.05, 0.1) is 11.2 Å². The summed E-state index contributed by atoms with van der Waals surface area (Å²) in [4.78, 5) is 8.82. The molecule has 2 aromatic rings. The first-order valence-corrected chi connectivity index (χ1v) is 7.61. The molecule has 1 unspecified atom stereocenters. The maximum atomic E-state index is 5.97. The van der Waals surface area contributed by atoms with Crippen LogP contribution in [0.4, 0.5) is 5.69 Å². The third-order valence-corrected chi connectivity index (χ3v) is 3.72. The molecule has 0 bridgehead atoms. The molecular formula is C15H21BrN4. The van der Waals surface area contributed by atoms with E-state index in [0.717, 1.165) is 27.6 Å². The number of nitrogens with one attached hydrogen (secondary N) is 1. The molecule has 2 aromatic heterocycles. The van der Waals surface area contributed by atoms with E-state index in [1.165, 1.54) is 0 Å². The minimum atomic E-state index is -0.142. The quantitative estimate of drug-likeness (QED) is 0.876. The summed E-state index contributed by atoms with van der Waals surface area (Å²) in [5.41, 5.74) is 8.55. The highest BCUT2D eigenvalue weighted by molar-refractivity contribution is 9.10. The minimum Gasteiger partial charge on any atom is -0.377 e. The van der Waals surface area contributed by atoms with Crippen LogP contribution in [0.2, 0.25) is 0 Å². The number of hydrogen-bond donors (Lipinski definition) is 2. The van der Waals surface area contributed by atoms with Gasteiger partial charge in [-0.3, -0.25) is 9.97 Å². The van der Waals surface area contributed by atoms with Crippen LogP contribution in [0.1, 0.15) is 27.2 Å². The second kappa shape index (κ2) is 6.06. The van der Waals surface area contributed by atoms with E-state index in [1.54, 1.807) is 12.4 Å². The van der Waals surface area contributed by atoms with Gasteiger partial charge in [-0.1, -0.05) is 13.8 Å². The summed E-state index contributed by atoms with van der Waals surface area (Å²) < 4.78 is 0.929. The Morgan fingerprint density at radius 3 is 2.80 bits per heavy atom. The Morgan fingerprint density at radius 2 is 2.15 bits per heavy atom. The van der Waals surface area contributed by atoms with Gasteiger partial charge in [0.2, 0.25) is 0 Å². The van der Waals surface area contributed by atoms with Gasteiger partial charge in [-0.15, -0.1) is 0 Å². The van der Waals surface area contributed by atoms with Gasteiger partial charge in [0.25, 0.3) is 0 Å². The van der Waals surface area contributed by atoms with E-state index >= 15 is 0 Å². The first-order valence-electron chi connectivity index (χ1n) is 6.82. The Labute approximate surface area is 128 Å². The number of fused-ring (bicyclic) bond motifs is 1. The lowest BCUT2D eigenvalue weighted by Crippen LogP contribution is -2.43. The second-order valence-corrected chi connectivity index (χ2v) is 6.78. The largest absolute Gasteiger partial charge is 0.377 e. The summed E-state index contributed by atoms with van der Waals surface area (Å²) >= 11 is 3.42. The van der Waals surface area contributed by atoms with Crippen LogP contribution in [-0.2, 0) is 0 Å². The summed E-state index contributed by atoms with van der Waals surface area (Å²) in [6.07, 6.45) is 4.59. The predicted octanol–water partition coefficient (Wildman–Crippen LogP) is 3.57. The normalized spacial score (nSPS) is 14.5. The lowest BCUT2D eigenvalue weighted by molar-refractivity contribution is 0.407. The molecule has 4 nitrogen and oxygen atoms in total. The maximum absolute atomic E-state index is 5.97. The van der Waals surface area contributed by atoms with E-state index in [-0.39, 0.29) is 5.54 Å². The van der Waals surface area contributed by atoms with Crippen molar-refractivity contribution < 1.29 is 0 Å². The number of nitrogens with zero attached hydrogens (tertiary/aromatic N) is 2. The van der Waals surface area contributed by atoms with Crippen molar-refractivity contribution in [1.29, 1.82) is 0 Å². The van der Waals surface area contributed by atoms with Gasteiger partial charge >= 0.3 is 0 Å². The number of halogens is 1. The van der Waals surface area contributed by atoms with Gasteiger partial charge in [0.15, 0.2) is 0 Å². The summed E-state index contributed by atoms with van der Waals surface area (Å²) in [6.45, 7) is 7.13. The minimum absolute atomic E-state index is 0.142. The van der Waals surface area contributed by atoms with Gasteiger partial charge in [-0.05, 0) is 47.3 Å². The average molecular weight is 337 g/mol. The molecule has 3 N–H and O–H groups in total. The molecule has 0 amide bonds. The van der Waals surface area contributed by atoms with Crippen LogP contribution in [0.3, 0.4) is 0 Å². The van der Waals surface area contributed by atoms with Crippen molar-refractivity contribution in [2.75, 3.05) is 11.9 Å². The van der Waals surface area contributed by atoms with Gasteiger partial charge in [0, 0.05) is 29.0 Å². The molecule has 0 aromatic carbocycles. The average Bonchev–Trinajstić information content (AvgIpc) is 2.37. The predicted molar refractivity (Wildman–Crippen MR) is 87.8 cm³/mol. The lowest BCUT2D eigenvalue weighted by Gasteiger charge is -2.32. The molecule has 2 rings (SSSR count). The fraction of sp³-hybridized carbons (Fsp3) is 0.467. The molecule has 20 heavy (non-hydrogen) atoms. The lowest BCUT2D eigenvalue weighted by atomic mass is 9.90. The van der Waals surface area contributed by atoms with Gasteiger partial charge in [-0.2, -0.15) is 0 Å². The highest BCUT2D eigenvalue weighted by atomic mass is 79.9. The van der Waals surface area contributed by atoms with E-state index in [1.807, 2.05) is 12.1 Å². The van der Waals surface area contributed by atoms with Gasteiger partial charge in [0.1, 0.15) is 5.52 Å². The zero-order valence-corrected chi connectivity index (χ0v) is 13.7. The van der Waals surface area contributed by atoms with Crippen molar-refractivity contribution in [3.05, 3.63) is 29.0 Å². The van der Waals surface area contributed by atoms with E-state index in [0.29, 0.717) is 12.5 Å². The molecule has 0 aliphatic carbocycles. The SMILES string of the molecule is CC(C)CC(C)(CN)Nc1ccnc2cc(Br)cnc12. The number of nitrogens with two attached hydrogens (primary N) is 1. The molecule has 0 aliphatic heterocycles. The molecule has 2 heterocycles. The van der Waals surface area contributed by atoms with E-state index in [2.05, 4.69) is 52.0 Å². The molecule has 5 heteroatoms. The Kier molecular flexibility index (Phi) is 4.60. The first-order chi connectivity index (χ1) is 9.43. The summed E-state index contributed by atoms with van der Waals surface area (Å²) in [7, 11) is 0. The smallest absolute Gasteiger partial charge is 0.112 e. The summed E-state index contributed by atoms with van der Waals surface area (Å²) in [5.74, 6) is 0.575. The van der Waals surface area contributed by atoms with Gasteiger partial charge < -0.3 is 11.1 Å². The zero-order chi connectivity index (χ0) is 14.8.